The SMILES string of the molecule is Cc1cc(CNCc2ccc(-n3cncn3)cc2)no1. The van der Waals surface area contributed by atoms with Crippen LogP contribution in [0.25, 0.3) is 5.69 Å². The quantitative estimate of drug-likeness (QED) is 0.765. The van der Waals surface area contributed by atoms with Crippen LogP contribution in [0.3, 0.4) is 0 Å². The van der Waals surface area contributed by atoms with Crippen molar-refractivity contribution in [2.45, 2.75) is 20.0 Å². The summed E-state index contributed by atoms with van der Waals surface area (Å²) in [6.45, 7) is 3.37. The first kappa shape index (κ1) is 12.6. The van der Waals surface area contributed by atoms with Gasteiger partial charge in [-0.2, -0.15) is 5.10 Å². The van der Waals surface area contributed by atoms with E-state index in [1.165, 1.54) is 11.9 Å². The summed E-state index contributed by atoms with van der Waals surface area (Å²) < 4.78 is 6.75. The molecule has 0 saturated carbocycles. The lowest BCUT2D eigenvalue weighted by Crippen LogP contribution is -2.12. The molecule has 2 heterocycles. The zero-order valence-corrected chi connectivity index (χ0v) is 11.2. The smallest absolute Gasteiger partial charge is 0.138 e. The van der Waals surface area contributed by atoms with Crippen LogP contribution in [0.5, 0.6) is 0 Å². The molecule has 0 aliphatic carbocycles. The fourth-order valence-electron chi connectivity index (χ4n) is 1.94. The molecule has 0 radical (unpaired) electrons. The maximum Gasteiger partial charge on any atom is 0.138 e. The van der Waals surface area contributed by atoms with Gasteiger partial charge in [0.25, 0.3) is 0 Å². The molecule has 0 aliphatic heterocycles. The van der Waals surface area contributed by atoms with Gasteiger partial charge in [-0.05, 0) is 24.6 Å². The molecule has 6 nitrogen and oxygen atoms in total. The van der Waals surface area contributed by atoms with Crippen molar-refractivity contribution in [2.24, 2.45) is 0 Å². The number of hydrogen-bond acceptors (Lipinski definition) is 5. The van der Waals surface area contributed by atoms with Crippen LogP contribution < -0.4 is 5.32 Å². The number of hydrogen-bond donors (Lipinski definition) is 1. The second-order valence-electron chi connectivity index (χ2n) is 4.54. The summed E-state index contributed by atoms with van der Waals surface area (Å²) in [5.41, 5.74) is 3.12. The highest BCUT2D eigenvalue weighted by Gasteiger charge is 2.00. The Hall–Kier alpha value is -2.47. The lowest BCUT2D eigenvalue weighted by molar-refractivity contribution is 0.388. The van der Waals surface area contributed by atoms with Crippen LogP contribution in [-0.4, -0.2) is 19.9 Å². The monoisotopic (exact) mass is 269 g/mol. The molecule has 3 aromatic rings. The van der Waals surface area contributed by atoms with E-state index in [0.29, 0.717) is 6.54 Å². The molecule has 0 unspecified atom stereocenters. The lowest BCUT2D eigenvalue weighted by Gasteiger charge is -2.04. The number of nitrogens with one attached hydrogen (secondary N) is 1. The average molecular weight is 269 g/mol. The first-order valence-corrected chi connectivity index (χ1v) is 6.38. The summed E-state index contributed by atoms with van der Waals surface area (Å²) in [5, 5.41) is 11.4. The maximum atomic E-state index is 5.02. The van der Waals surface area contributed by atoms with Gasteiger partial charge in [-0.15, -0.1) is 0 Å². The van der Waals surface area contributed by atoms with E-state index in [4.69, 9.17) is 4.52 Å². The van der Waals surface area contributed by atoms with Crippen LogP contribution in [-0.2, 0) is 13.1 Å². The second kappa shape index (κ2) is 5.66. The Bertz CT molecular complexity index is 657. The molecule has 20 heavy (non-hydrogen) atoms. The van der Waals surface area contributed by atoms with Gasteiger partial charge in [0, 0.05) is 19.2 Å². The summed E-state index contributed by atoms with van der Waals surface area (Å²) in [6, 6.07) is 10.1. The highest BCUT2D eigenvalue weighted by molar-refractivity contribution is 5.33. The van der Waals surface area contributed by atoms with E-state index in [1.54, 1.807) is 11.0 Å². The predicted molar refractivity (Wildman–Crippen MR) is 73.1 cm³/mol. The third-order valence-electron chi connectivity index (χ3n) is 2.93. The summed E-state index contributed by atoms with van der Waals surface area (Å²) in [4.78, 5) is 3.93. The molecule has 0 atom stereocenters. The van der Waals surface area contributed by atoms with Crippen LogP contribution in [0.15, 0.2) is 47.5 Å². The van der Waals surface area contributed by atoms with Gasteiger partial charge in [-0.1, -0.05) is 17.3 Å². The topological polar surface area (TPSA) is 68.8 Å². The molecular formula is C14H15N5O. The number of aromatic nitrogens is 4. The number of aryl methyl sites for hydroxylation is 1. The summed E-state index contributed by atoms with van der Waals surface area (Å²) in [7, 11) is 0. The Morgan fingerprint density at radius 2 is 2.05 bits per heavy atom. The average Bonchev–Trinajstić information content (AvgIpc) is 3.11. The minimum Gasteiger partial charge on any atom is -0.361 e. The second-order valence-corrected chi connectivity index (χ2v) is 4.54. The minimum absolute atomic E-state index is 0.697. The van der Waals surface area contributed by atoms with Crippen molar-refractivity contribution in [3.05, 3.63) is 60.0 Å². The van der Waals surface area contributed by atoms with E-state index < -0.39 is 0 Å². The standard InChI is InChI=1S/C14H15N5O/c1-11-6-13(18-20-11)8-15-7-12-2-4-14(5-3-12)19-10-16-9-17-19/h2-6,9-10,15H,7-8H2,1H3. The highest BCUT2D eigenvalue weighted by atomic mass is 16.5. The van der Waals surface area contributed by atoms with E-state index in [0.717, 1.165) is 23.7 Å². The number of nitrogens with zero attached hydrogens (tertiary/aromatic N) is 4. The third kappa shape index (κ3) is 2.92. The van der Waals surface area contributed by atoms with Gasteiger partial charge in [-0.3, -0.25) is 0 Å². The van der Waals surface area contributed by atoms with Gasteiger partial charge < -0.3 is 9.84 Å². The molecule has 0 aliphatic rings. The van der Waals surface area contributed by atoms with Gasteiger partial charge in [0.2, 0.25) is 0 Å². The zero-order chi connectivity index (χ0) is 13.8. The van der Waals surface area contributed by atoms with Crippen molar-refractivity contribution >= 4 is 0 Å². The van der Waals surface area contributed by atoms with E-state index in [-0.39, 0.29) is 0 Å². The lowest BCUT2D eigenvalue weighted by atomic mass is 10.2. The molecule has 102 valence electrons. The molecule has 3 rings (SSSR count). The van der Waals surface area contributed by atoms with E-state index in [9.17, 15) is 0 Å². The third-order valence-corrected chi connectivity index (χ3v) is 2.93. The summed E-state index contributed by atoms with van der Waals surface area (Å²) >= 11 is 0. The normalized spacial score (nSPS) is 10.8. The molecule has 0 amide bonds. The summed E-state index contributed by atoms with van der Waals surface area (Å²) in [5.74, 6) is 0.832. The van der Waals surface area contributed by atoms with Gasteiger partial charge >= 0.3 is 0 Å². The van der Waals surface area contributed by atoms with Crippen molar-refractivity contribution in [1.29, 1.82) is 0 Å². The fourth-order valence-corrected chi connectivity index (χ4v) is 1.94. The van der Waals surface area contributed by atoms with Crippen LogP contribution in [0.1, 0.15) is 17.0 Å². The Morgan fingerprint density at radius 1 is 1.20 bits per heavy atom. The summed E-state index contributed by atoms with van der Waals surface area (Å²) in [6.07, 6.45) is 3.20. The van der Waals surface area contributed by atoms with Crippen molar-refractivity contribution < 1.29 is 4.52 Å². The Morgan fingerprint density at radius 3 is 2.70 bits per heavy atom. The van der Waals surface area contributed by atoms with Crippen molar-refractivity contribution in [1.82, 2.24) is 25.2 Å². The predicted octanol–water partition coefficient (Wildman–Crippen LogP) is 1.85. The van der Waals surface area contributed by atoms with E-state index >= 15 is 0 Å². The molecule has 1 N–H and O–H groups in total. The van der Waals surface area contributed by atoms with Gasteiger partial charge in [-0.25, -0.2) is 9.67 Å². The minimum atomic E-state index is 0.697. The van der Waals surface area contributed by atoms with Gasteiger partial charge in [0.15, 0.2) is 0 Å². The highest BCUT2D eigenvalue weighted by Crippen LogP contribution is 2.08. The van der Waals surface area contributed by atoms with Crippen molar-refractivity contribution in [3.63, 3.8) is 0 Å². The van der Waals surface area contributed by atoms with Gasteiger partial charge in [0.1, 0.15) is 18.4 Å². The zero-order valence-electron chi connectivity index (χ0n) is 11.2. The van der Waals surface area contributed by atoms with Crippen LogP contribution in [0.2, 0.25) is 0 Å². The maximum absolute atomic E-state index is 5.02. The number of benzene rings is 1. The van der Waals surface area contributed by atoms with Crippen LogP contribution in [0.4, 0.5) is 0 Å². The Kier molecular flexibility index (Phi) is 3.56. The van der Waals surface area contributed by atoms with Crippen LogP contribution >= 0.6 is 0 Å². The Labute approximate surface area is 116 Å². The van der Waals surface area contributed by atoms with E-state index in [2.05, 4.69) is 32.7 Å². The largest absolute Gasteiger partial charge is 0.361 e. The Balaban J connectivity index is 1.56. The molecule has 0 spiro atoms. The fraction of sp³-hybridized carbons (Fsp3) is 0.214. The molecule has 0 bridgehead atoms. The molecule has 2 aromatic heterocycles. The van der Waals surface area contributed by atoms with Crippen molar-refractivity contribution in [3.8, 4) is 5.69 Å². The number of rotatable bonds is 5. The molecule has 0 saturated heterocycles. The first-order chi connectivity index (χ1) is 9.81. The van der Waals surface area contributed by atoms with Gasteiger partial charge in [0.05, 0.1) is 11.4 Å². The molecule has 6 heteroatoms. The molecule has 0 fully saturated rings. The van der Waals surface area contributed by atoms with E-state index in [1.807, 2.05) is 25.1 Å². The van der Waals surface area contributed by atoms with Crippen LogP contribution in [0, 0.1) is 6.92 Å². The van der Waals surface area contributed by atoms with Crippen molar-refractivity contribution in [2.75, 3.05) is 0 Å². The molecular weight excluding hydrogens is 254 g/mol. The molecule has 1 aromatic carbocycles. The first-order valence-electron chi connectivity index (χ1n) is 6.38.